The number of rotatable bonds is 4. The molecule has 0 radical (unpaired) electrons. The van der Waals surface area contributed by atoms with Crippen LogP contribution in [0.3, 0.4) is 0 Å². The van der Waals surface area contributed by atoms with Crippen molar-refractivity contribution in [3.8, 4) is 11.5 Å². The highest BCUT2D eigenvalue weighted by Gasteiger charge is 2.23. The fourth-order valence-corrected chi connectivity index (χ4v) is 3.37. The molecule has 1 unspecified atom stereocenters. The van der Waals surface area contributed by atoms with Crippen LogP contribution >= 0.6 is 11.6 Å². The standard InChI is InChI=1S/C15H18ClNO4/c16-12-4-11(5-13-15(12)21-9-20-13)8-17-3-1-2-10(7-17)6-14(18)19/h4-5,10H,1-3,6-9H2,(H,18,19). The second kappa shape index (κ2) is 6.12. The summed E-state index contributed by atoms with van der Waals surface area (Å²) in [5, 5.41) is 9.49. The molecule has 0 amide bonds. The molecule has 2 aliphatic rings. The van der Waals surface area contributed by atoms with Gasteiger partial charge >= 0.3 is 5.97 Å². The normalized spacial score (nSPS) is 21.5. The third kappa shape index (κ3) is 3.41. The fraction of sp³-hybridized carbons (Fsp3) is 0.533. The van der Waals surface area contributed by atoms with Gasteiger partial charge in [0.1, 0.15) is 0 Å². The van der Waals surface area contributed by atoms with Gasteiger partial charge in [0.05, 0.1) is 5.02 Å². The highest BCUT2D eigenvalue weighted by atomic mass is 35.5. The van der Waals surface area contributed by atoms with Crippen LogP contribution in [0.1, 0.15) is 24.8 Å². The molecule has 1 fully saturated rings. The second-order valence-electron chi connectivity index (χ2n) is 5.65. The van der Waals surface area contributed by atoms with E-state index in [1.807, 2.05) is 12.1 Å². The summed E-state index contributed by atoms with van der Waals surface area (Å²) in [6, 6.07) is 3.85. The molecule has 2 heterocycles. The molecule has 0 bridgehead atoms. The third-order valence-electron chi connectivity index (χ3n) is 3.96. The zero-order valence-corrected chi connectivity index (χ0v) is 12.4. The molecule has 114 valence electrons. The Labute approximate surface area is 128 Å². The van der Waals surface area contributed by atoms with Crippen LogP contribution in [0.4, 0.5) is 0 Å². The number of likely N-dealkylation sites (tertiary alicyclic amines) is 1. The number of fused-ring (bicyclic) bond motifs is 1. The second-order valence-corrected chi connectivity index (χ2v) is 6.06. The molecule has 1 aromatic carbocycles. The average molecular weight is 312 g/mol. The van der Waals surface area contributed by atoms with Crippen molar-refractivity contribution in [1.29, 1.82) is 0 Å². The Balaban J connectivity index is 1.66. The first-order valence-electron chi connectivity index (χ1n) is 7.14. The third-order valence-corrected chi connectivity index (χ3v) is 4.24. The van der Waals surface area contributed by atoms with E-state index in [9.17, 15) is 4.79 Å². The van der Waals surface area contributed by atoms with Crippen molar-refractivity contribution >= 4 is 17.6 Å². The molecule has 21 heavy (non-hydrogen) atoms. The minimum Gasteiger partial charge on any atom is -0.481 e. The van der Waals surface area contributed by atoms with Crippen LogP contribution in [0.5, 0.6) is 11.5 Å². The van der Waals surface area contributed by atoms with Crippen molar-refractivity contribution in [1.82, 2.24) is 4.90 Å². The molecule has 1 N–H and O–H groups in total. The van der Waals surface area contributed by atoms with Gasteiger partial charge in [-0.3, -0.25) is 9.69 Å². The molecule has 1 aromatic rings. The van der Waals surface area contributed by atoms with E-state index < -0.39 is 5.97 Å². The molecule has 3 rings (SSSR count). The number of aliphatic carboxylic acids is 1. The van der Waals surface area contributed by atoms with Gasteiger partial charge in [-0.25, -0.2) is 0 Å². The molecule has 1 atom stereocenters. The molecule has 6 heteroatoms. The number of carboxylic acid groups (broad SMARTS) is 1. The Hall–Kier alpha value is -1.46. The Morgan fingerprint density at radius 1 is 1.43 bits per heavy atom. The zero-order valence-electron chi connectivity index (χ0n) is 11.7. The number of hydrogen-bond acceptors (Lipinski definition) is 4. The van der Waals surface area contributed by atoms with Gasteiger partial charge in [-0.2, -0.15) is 0 Å². The summed E-state index contributed by atoms with van der Waals surface area (Å²) >= 11 is 6.19. The summed E-state index contributed by atoms with van der Waals surface area (Å²) in [6.45, 7) is 2.77. The largest absolute Gasteiger partial charge is 0.481 e. The van der Waals surface area contributed by atoms with E-state index in [-0.39, 0.29) is 19.1 Å². The number of carbonyl (C=O) groups is 1. The summed E-state index contributed by atoms with van der Waals surface area (Å²) in [5.74, 6) is 0.827. The lowest BCUT2D eigenvalue weighted by atomic mass is 9.94. The minimum atomic E-state index is -0.715. The van der Waals surface area contributed by atoms with E-state index in [1.54, 1.807) is 0 Å². The molecular formula is C15H18ClNO4. The van der Waals surface area contributed by atoms with E-state index in [0.717, 1.165) is 38.0 Å². The minimum absolute atomic E-state index is 0.211. The van der Waals surface area contributed by atoms with Crippen LogP contribution in [-0.2, 0) is 11.3 Å². The van der Waals surface area contributed by atoms with E-state index in [2.05, 4.69) is 4.90 Å². The maximum absolute atomic E-state index is 10.8. The smallest absolute Gasteiger partial charge is 0.303 e. The van der Waals surface area contributed by atoms with Crippen LogP contribution < -0.4 is 9.47 Å². The molecule has 1 saturated heterocycles. The first-order valence-corrected chi connectivity index (χ1v) is 7.52. The number of piperidine rings is 1. The molecule has 0 spiro atoms. The molecule has 0 saturated carbocycles. The Morgan fingerprint density at radius 2 is 2.29 bits per heavy atom. The quantitative estimate of drug-likeness (QED) is 0.926. The SMILES string of the molecule is O=C(O)CC1CCCN(Cc2cc(Cl)c3c(c2)OCO3)C1. The first kappa shape index (κ1) is 14.5. The Kier molecular flexibility index (Phi) is 4.22. The predicted octanol–water partition coefficient (Wildman–Crippen LogP) is 2.76. The van der Waals surface area contributed by atoms with Crippen molar-refractivity contribution in [2.75, 3.05) is 19.9 Å². The monoisotopic (exact) mass is 311 g/mol. The van der Waals surface area contributed by atoms with Crippen molar-refractivity contribution in [2.45, 2.75) is 25.8 Å². The topological polar surface area (TPSA) is 59.0 Å². The van der Waals surface area contributed by atoms with Gasteiger partial charge in [-0.1, -0.05) is 11.6 Å². The van der Waals surface area contributed by atoms with Crippen LogP contribution in [0.15, 0.2) is 12.1 Å². The number of ether oxygens (including phenoxy) is 2. The maximum Gasteiger partial charge on any atom is 0.303 e. The van der Waals surface area contributed by atoms with Crippen LogP contribution in [0, 0.1) is 5.92 Å². The van der Waals surface area contributed by atoms with Crippen LogP contribution in [-0.4, -0.2) is 35.9 Å². The lowest BCUT2D eigenvalue weighted by molar-refractivity contribution is -0.138. The first-order chi connectivity index (χ1) is 10.1. The van der Waals surface area contributed by atoms with Crippen LogP contribution in [0.2, 0.25) is 5.02 Å². The fourth-order valence-electron chi connectivity index (χ4n) is 3.08. The van der Waals surface area contributed by atoms with Gasteiger partial charge in [-0.15, -0.1) is 0 Å². The summed E-state index contributed by atoms with van der Waals surface area (Å²) < 4.78 is 10.7. The van der Waals surface area contributed by atoms with Crippen molar-refractivity contribution in [2.24, 2.45) is 5.92 Å². The highest BCUT2D eigenvalue weighted by Crippen LogP contribution is 2.40. The van der Waals surface area contributed by atoms with E-state index >= 15 is 0 Å². The van der Waals surface area contributed by atoms with Crippen molar-refractivity contribution in [3.05, 3.63) is 22.7 Å². The summed E-state index contributed by atoms with van der Waals surface area (Å²) in [6.07, 6.45) is 2.28. The van der Waals surface area contributed by atoms with E-state index in [4.69, 9.17) is 26.2 Å². The molecule has 2 aliphatic heterocycles. The zero-order chi connectivity index (χ0) is 14.8. The van der Waals surface area contributed by atoms with E-state index in [1.165, 1.54) is 0 Å². The Morgan fingerprint density at radius 3 is 3.10 bits per heavy atom. The molecule has 0 aliphatic carbocycles. The number of halogens is 1. The molecule has 5 nitrogen and oxygen atoms in total. The van der Waals surface area contributed by atoms with Gasteiger partial charge in [0.15, 0.2) is 11.5 Å². The summed E-state index contributed by atoms with van der Waals surface area (Å²) in [5.41, 5.74) is 1.07. The summed E-state index contributed by atoms with van der Waals surface area (Å²) in [7, 11) is 0. The van der Waals surface area contributed by atoms with Gasteiger partial charge in [0.2, 0.25) is 6.79 Å². The van der Waals surface area contributed by atoms with Gasteiger partial charge in [0.25, 0.3) is 0 Å². The molecular weight excluding hydrogens is 294 g/mol. The Bertz CT molecular complexity index is 549. The summed E-state index contributed by atoms with van der Waals surface area (Å²) in [4.78, 5) is 13.1. The lowest BCUT2D eigenvalue weighted by Crippen LogP contribution is -2.35. The van der Waals surface area contributed by atoms with Crippen LogP contribution in [0.25, 0.3) is 0 Å². The van der Waals surface area contributed by atoms with Crippen molar-refractivity contribution < 1.29 is 19.4 Å². The lowest BCUT2D eigenvalue weighted by Gasteiger charge is -2.32. The number of nitrogens with zero attached hydrogens (tertiary/aromatic N) is 1. The van der Waals surface area contributed by atoms with Gasteiger partial charge in [0, 0.05) is 19.5 Å². The molecule has 0 aromatic heterocycles. The number of carboxylic acids is 1. The highest BCUT2D eigenvalue weighted by molar-refractivity contribution is 6.32. The van der Waals surface area contributed by atoms with Gasteiger partial charge in [-0.05, 0) is 43.0 Å². The predicted molar refractivity (Wildman–Crippen MR) is 77.8 cm³/mol. The average Bonchev–Trinajstić information content (AvgIpc) is 2.87. The number of hydrogen-bond donors (Lipinski definition) is 1. The van der Waals surface area contributed by atoms with Crippen molar-refractivity contribution in [3.63, 3.8) is 0 Å². The number of benzene rings is 1. The van der Waals surface area contributed by atoms with Gasteiger partial charge < -0.3 is 14.6 Å². The van der Waals surface area contributed by atoms with E-state index in [0.29, 0.717) is 16.5 Å². The maximum atomic E-state index is 10.8.